The average Bonchev–Trinajstić information content (AvgIpc) is 2.47. The van der Waals surface area contributed by atoms with Gasteiger partial charge in [-0.15, -0.1) is 0 Å². The molecule has 2 fully saturated rings. The van der Waals surface area contributed by atoms with Gasteiger partial charge in [0.15, 0.2) is 0 Å². The molecule has 0 spiro atoms. The van der Waals surface area contributed by atoms with Crippen LogP contribution in [0.2, 0.25) is 5.02 Å². The summed E-state index contributed by atoms with van der Waals surface area (Å²) in [4.78, 5) is 14.2. The Kier molecular flexibility index (Phi) is 2.72. The Bertz CT molecular complexity index is 568. The molecule has 1 aliphatic heterocycles. The first kappa shape index (κ1) is 13.0. The van der Waals surface area contributed by atoms with E-state index in [1.807, 2.05) is 0 Å². The highest BCUT2D eigenvalue weighted by Gasteiger charge is 2.50. The van der Waals surface area contributed by atoms with Crippen LogP contribution in [0.4, 0.5) is 5.69 Å². The van der Waals surface area contributed by atoms with Crippen molar-refractivity contribution in [1.29, 1.82) is 0 Å². The lowest BCUT2D eigenvalue weighted by Gasteiger charge is -2.39. The predicted octanol–water partition coefficient (Wildman–Crippen LogP) is 2.83. The molecule has 2 atom stereocenters. The Morgan fingerprint density at radius 2 is 2.16 bits per heavy atom. The van der Waals surface area contributed by atoms with E-state index in [1.165, 1.54) is 12.6 Å². The summed E-state index contributed by atoms with van der Waals surface area (Å²) in [5.41, 5.74) is 1.04. The summed E-state index contributed by atoms with van der Waals surface area (Å²) in [5.74, 6) is 0. The molecule has 2 unspecified atom stereocenters. The standard InChI is InChI=1S/C14H20ClN3O/c1-13(2)4-9-5-14(3,7-13)8-18(9)11-10(15)6-16-17-12(11)19/h6,9H,4-5,7-8H2,1-3H3,(H,17,19). The molecule has 1 N–H and O–H groups in total. The number of anilines is 1. The van der Waals surface area contributed by atoms with Crippen LogP contribution in [0.15, 0.2) is 11.0 Å². The van der Waals surface area contributed by atoms with Crippen LogP contribution in [-0.4, -0.2) is 22.8 Å². The SMILES string of the molecule is CC1(C)CC2CC(C)(CN2c2c(Cl)cn[nH]c2=O)C1. The zero-order valence-corrected chi connectivity index (χ0v) is 12.4. The number of hydrogen-bond donors (Lipinski definition) is 1. The molecule has 1 aliphatic carbocycles. The number of rotatable bonds is 1. The fourth-order valence-electron chi connectivity index (χ4n) is 4.36. The number of fused-ring (bicyclic) bond motifs is 2. The number of nitrogens with zero attached hydrogens (tertiary/aromatic N) is 2. The van der Waals surface area contributed by atoms with Gasteiger partial charge in [-0.05, 0) is 30.1 Å². The largest absolute Gasteiger partial charge is 0.362 e. The second-order valence-corrected chi connectivity index (χ2v) is 7.64. The monoisotopic (exact) mass is 281 g/mol. The van der Waals surface area contributed by atoms with Crippen LogP contribution in [0.25, 0.3) is 0 Å². The maximum absolute atomic E-state index is 12.0. The third kappa shape index (κ3) is 2.16. The van der Waals surface area contributed by atoms with E-state index in [1.54, 1.807) is 0 Å². The maximum atomic E-state index is 12.0. The summed E-state index contributed by atoms with van der Waals surface area (Å²) in [5, 5.41) is 6.71. The van der Waals surface area contributed by atoms with E-state index >= 15 is 0 Å². The van der Waals surface area contributed by atoms with Crippen molar-refractivity contribution in [3.63, 3.8) is 0 Å². The normalized spacial score (nSPS) is 32.6. The van der Waals surface area contributed by atoms with Gasteiger partial charge in [0.25, 0.3) is 5.56 Å². The summed E-state index contributed by atoms with van der Waals surface area (Å²) in [6.07, 6.45) is 4.98. The van der Waals surface area contributed by atoms with Crippen molar-refractivity contribution in [2.24, 2.45) is 10.8 Å². The highest BCUT2D eigenvalue weighted by atomic mass is 35.5. The molecule has 2 aliphatic rings. The molecule has 1 aromatic rings. The Morgan fingerprint density at radius 1 is 1.42 bits per heavy atom. The topological polar surface area (TPSA) is 49.0 Å². The summed E-state index contributed by atoms with van der Waals surface area (Å²) >= 11 is 6.19. The third-order valence-corrected chi connectivity index (χ3v) is 4.76. The van der Waals surface area contributed by atoms with E-state index in [9.17, 15) is 4.79 Å². The number of halogens is 1. The molecule has 1 saturated heterocycles. The zero-order chi connectivity index (χ0) is 13.8. The van der Waals surface area contributed by atoms with Gasteiger partial charge in [-0.1, -0.05) is 32.4 Å². The lowest BCUT2D eigenvalue weighted by molar-refractivity contribution is 0.136. The molecule has 0 amide bonds. The molecule has 1 saturated carbocycles. The second kappa shape index (κ2) is 3.98. The zero-order valence-electron chi connectivity index (χ0n) is 11.7. The fourth-order valence-corrected chi connectivity index (χ4v) is 4.60. The number of aromatic amines is 1. The predicted molar refractivity (Wildman–Crippen MR) is 76.7 cm³/mol. The van der Waals surface area contributed by atoms with Gasteiger partial charge in [0.1, 0.15) is 5.69 Å². The third-order valence-electron chi connectivity index (χ3n) is 4.49. The molecule has 3 rings (SSSR count). The minimum atomic E-state index is -0.179. The van der Waals surface area contributed by atoms with Crippen LogP contribution in [0.1, 0.15) is 40.0 Å². The molecule has 0 radical (unpaired) electrons. The van der Waals surface area contributed by atoms with E-state index in [4.69, 9.17) is 11.6 Å². The Hall–Kier alpha value is -1.03. The van der Waals surface area contributed by atoms with Crippen LogP contribution in [0, 0.1) is 10.8 Å². The average molecular weight is 282 g/mol. The van der Waals surface area contributed by atoms with E-state index in [-0.39, 0.29) is 11.0 Å². The molecule has 0 aromatic carbocycles. The van der Waals surface area contributed by atoms with Crippen molar-refractivity contribution in [2.75, 3.05) is 11.4 Å². The highest BCUT2D eigenvalue weighted by molar-refractivity contribution is 6.33. The van der Waals surface area contributed by atoms with Gasteiger partial charge in [0.05, 0.1) is 11.2 Å². The van der Waals surface area contributed by atoms with E-state index < -0.39 is 0 Å². The Balaban J connectivity index is 2.03. The van der Waals surface area contributed by atoms with Crippen molar-refractivity contribution in [3.05, 3.63) is 21.6 Å². The first-order chi connectivity index (χ1) is 8.80. The molecule has 19 heavy (non-hydrogen) atoms. The van der Waals surface area contributed by atoms with Crippen LogP contribution in [-0.2, 0) is 0 Å². The second-order valence-electron chi connectivity index (χ2n) is 7.24. The molecule has 4 nitrogen and oxygen atoms in total. The molecule has 2 bridgehead atoms. The first-order valence-electron chi connectivity index (χ1n) is 6.80. The molecule has 5 heteroatoms. The van der Waals surface area contributed by atoms with Gasteiger partial charge in [0.2, 0.25) is 0 Å². The minimum absolute atomic E-state index is 0.179. The van der Waals surface area contributed by atoms with Crippen LogP contribution < -0.4 is 10.5 Å². The van der Waals surface area contributed by atoms with Gasteiger partial charge in [0, 0.05) is 12.6 Å². The molecular formula is C14H20ClN3O. The van der Waals surface area contributed by atoms with Crippen LogP contribution in [0.3, 0.4) is 0 Å². The number of nitrogens with one attached hydrogen (secondary N) is 1. The van der Waals surface area contributed by atoms with Gasteiger partial charge >= 0.3 is 0 Å². The van der Waals surface area contributed by atoms with E-state index in [2.05, 4.69) is 35.9 Å². The molecule has 2 heterocycles. The summed E-state index contributed by atoms with van der Waals surface area (Å²) in [7, 11) is 0. The lowest BCUT2D eigenvalue weighted by Crippen LogP contribution is -2.36. The summed E-state index contributed by atoms with van der Waals surface area (Å²) < 4.78 is 0. The molecular weight excluding hydrogens is 262 g/mol. The van der Waals surface area contributed by atoms with Crippen molar-refractivity contribution in [1.82, 2.24) is 10.2 Å². The van der Waals surface area contributed by atoms with Crippen molar-refractivity contribution >= 4 is 17.3 Å². The maximum Gasteiger partial charge on any atom is 0.289 e. The van der Waals surface area contributed by atoms with E-state index in [0.29, 0.717) is 22.2 Å². The Labute approximate surface area is 118 Å². The lowest BCUT2D eigenvalue weighted by atomic mass is 9.65. The summed E-state index contributed by atoms with van der Waals surface area (Å²) in [6, 6.07) is 0.412. The van der Waals surface area contributed by atoms with Crippen LogP contribution >= 0.6 is 11.6 Å². The quantitative estimate of drug-likeness (QED) is 0.861. The minimum Gasteiger partial charge on any atom is -0.362 e. The smallest absolute Gasteiger partial charge is 0.289 e. The summed E-state index contributed by atoms with van der Waals surface area (Å²) in [6.45, 7) is 7.87. The number of H-pyrrole nitrogens is 1. The van der Waals surface area contributed by atoms with Crippen LogP contribution in [0.5, 0.6) is 0 Å². The molecule has 104 valence electrons. The van der Waals surface area contributed by atoms with Gasteiger partial charge < -0.3 is 4.90 Å². The fraction of sp³-hybridized carbons (Fsp3) is 0.714. The highest BCUT2D eigenvalue weighted by Crippen LogP contribution is 2.53. The van der Waals surface area contributed by atoms with Crippen molar-refractivity contribution < 1.29 is 0 Å². The van der Waals surface area contributed by atoms with Gasteiger partial charge in [-0.25, -0.2) is 5.10 Å². The Morgan fingerprint density at radius 3 is 2.84 bits per heavy atom. The van der Waals surface area contributed by atoms with Gasteiger partial charge in [-0.2, -0.15) is 5.10 Å². The van der Waals surface area contributed by atoms with Crippen molar-refractivity contribution in [3.8, 4) is 0 Å². The van der Waals surface area contributed by atoms with E-state index in [0.717, 1.165) is 19.4 Å². The molecule has 1 aromatic heterocycles. The number of aromatic nitrogens is 2. The van der Waals surface area contributed by atoms with Gasteiger partial charge in [-0.3, -0.25) is 4.79 Å². The number of hydrogen-bond acceptors (Lipinski definition) is 3. The van der Waals surface area contributed by atoms with Crippen molar-refractivity contribution in [2.45, 2.75) is 46.1 Å². The first-order valence-corrected chi connectivity index (χ1v) is 7.17.